The predicted molar refractivity (Wildman–Crippen MR) is 73.8 cm³/mol. The van der Waals surface area contributed by atoms with Crippen LogP contribution in [0.5, 0.6) is 0 Å². The average molecular weight is 244 g/mol. The minimum Gasteiger partial charge on any atom is -0.396 e. The zero-order chi connectivity index (χ0) is 12.3. The molecule has 0 fully saturated rings. The molecule has 1 aromatic rings. The number of thioether (sulfide) groups is 1. The first-order valence-corrected chi connectivity index (χ1v) is 6.83. The molecule has 0 radical (unpaired) electrons. The predicted octanol–water partition coefficient (Wildman–Crippen LogP) is 2.93. The monoisotopic (exact) mass is 244 g/mol. The minimum atomic E-state index is 0.245. The lowest BCUT2D eigenvalue weighted by Crippen LogP contribution is -1.80. The van der Waals surface area contributed by atoms with Crippen LogP contribution in [0.15, 0.2) is 29.2 Å². The maximum Gasteiger partial charge on any atom is 0.0431 e. The summed E-state index contributed by atoms with van der Waals surface area (Å²) in [6, 6.07) is 8.06. The van der Waals surface area contributed by atoms with E-state index in [1.807, 2.05) is 24.5 Å². The Kier molecular flexibility index (Phi) is 7.07. The molecule has 17 heavy (non-hydrogen) atoms. The van der Waals surface area contributed by atoms with Gasteiger partial charge < -0.3 is 5.11 Å². The molecule has 0 aromatic heterocycles. The Labute approximate surface area is 108 Å². The van der Waals surface area contributed by atoms with E-state index >= 15 is 0 Å². The van der Waals surface area contributed by atoms with E-state index in [-0.39, 0.29) is 6.61 Å². The first-order chi connectivity index (χ1) is 8.38. The molecular formula is C15H16OS. The molecule has 1 aromatic carbocycles. The number of unbranched alkanes of at least 4 members (excludes halogenated alkanes) is 2. The summed E-state index contributed by atoms with van der Waals surface area (Å²) >= 11 is 1.69. The Bertz CT molecular complexity index is 457. The first kappa shape index (κ1) is 13.7. The van der Waals surface area contributed by atoms with Crippen LogP contribution in [0.3, 0.4) is 0 Å². The van der Waals surface area contributed by atoms with Gasteiger partial charge in [-0.2, -0.15) is 0 Å². The summed E-state index contributed by atoms with van der Waals surface area (Å²) in [4.78, 5) is 1.18. The normalized spacial score (nSPS) is 8.82. The Morgan fingerprint density at radius 2 is 2.00 bits per heavy atom. The fourth-order valence-corrected chi connectivity index (χ4v) is 1.83. The van der Waals surface area contributed by atoms with Gasteiger partial charge >= 0.3 is 0 Å². The van der Waals surface area contributed by atoms with Crippen LogP contribution in [0.4, 0.5) is 0 Å². The van der Waals surface area contributed by atoms with Crippen molar-refractivity contribution in [3.05, 3.63) is 29.8 Å². The molecule has 0 bridgehead atoms. The van der Waals surface area contributed by atoms with Crippen LogP contribution in [0.2, 0.25) is 0 Å². The molecule has 0 spiro atoms. The van der Waals surface area contributed by atoms with Crippen molar-refractivity contribution in [1.82, 2.24) is 0 Å². The molecule has 2 heteroatoms. The second-order valence-corrected chi connectivity index (χ2v) is 4.28. The largest absolute Gasteiger partial charge is 0.396 e. The van der Waals surface area contributed by atoms with Gasteiger partial charge in [0.25, 0.3) is 0 Å². The Hall–Kier alpha value is -1.35. The first-order valence-electron chi connectivity index (χ1n) is 5.61. The van der Waals surface area contributed by atoms with Gasteiger partial charge in [-0.15, -0.1) is 11.8 Å². The van der Waals surface area contributed by atoms with Crippen molar-refractivity contribution in [2.75, 3.05) is 12.9 Å². The van der Waals surface area contributed by atoms with E-state index in [4.69, 9.17) is 5.11 Å². The number of aliphatic hydroxyl groups excluding tert-OH is 1. The molecule has 1 nitrogen and oxygen atoms in total. The quantitative estimate of drug-likeness (QED) is 0.499. The third-order valence-electron chi connectivity index (χ3n) is 2.16. The second kappa shape index (κ2) is 8.76. The average Bonchev–Trinajstić information content (AvgIpc) is 2.38. The van der Waals surface area contributed by atoms with Crippen LogP contribution in [-0.2, 0) is 0 Å². The SMILES string of the molecule is CSc1ccccc1C#CC#CCCCCO. The second-order valence-electron chi connectivity index (χ2n) is 3.43. The van der Waals surface area contributed by atoms with Gasteiger partial charge in [0, 0.05) is 23.5 Å². The van der Waals surface area contributed by atoms with Gasteiger partial charge in [-0.25, -0.2) is 0 Å². The van der Waals surface area contributed by atoms with E-state index in [0.29, 0.717) is 0 Å². The zero-order valence-electron chi connectivity index (χ0n) is 9.99. The number of hydrogen-bond donors (Lipinski definition) is 1. The molecule has 1 rings (SSSR count). The highest BCUT2D eigenvalue weighted by atomic mass is 32.2. The van der Waals surface area contributed by atoms with Crippen LogP contribution in [0.25, 0.3) is 0 Å². The summed E-state index contributed by atoms with van der Waals surface area (Å²) in [6.07, 6.45) is 4.60. The topological polar surface area (TPSA) is 20.2 Å². The number of rotatable bonds is 4. The van der Waals surface area contributed by atoms with Gasteiger partial charge in [0.2, 0.25) is 0 Å². The minimum absolute atomic E-state index is 0.245. The van der Waals surface area contributed by atoms with Gasteiger partial charge in [-0.05, 0) is 43.1 Å². The van der Waals surface area contributed by atoms with Crippen molar-refractivity contribution in [2.45, 2.75) is 24.2 Å². The van der Waals surface area contributed by atoms with Crippen molar-refractivity contribution < 1.29 is 5.11 Å². The van der Waals surface area contributed by atoms with Crippen molar-refractivity contribution >= 4 is 11.8 Å². The lowest BCUT2D eigenvalue weighted by atomic mass is 10.2. The zero-order valence-corrected chi connectivity index (χ0v) is 10.8. The maximum absolute atomic E-state index is 8.60. The summed E-state index contributed by atoms with van der Waals surface area (Å²) in [7, 11) is 0. The number of aliphatic hydroxyl groups is 1. The van der Waals surface area contributed by atoms with E-state index in [2.05, 4.69) is 29.7 Å². The van der Waals surface area contributed by atoms with E-state index in [1.165, 1.54) is 4.90 Å². The lowest BCUT2D eigenvalue weighted by molar-refractivity contribution is 0.285. The molecule has 0 aliphatic carbocycles. The fourth-order valence-electron chi connectivity index (χ4n) is 1.28. The van der Waals surface area contributed by atoms with Gasteiger partial charge in [0.1, 0.15) is 0 Å². The summed E-state index contributed by atoms with van der Waals surface area (Å²) in [5.74, 6) is 11.8. The molecular weight excluding hydrogens is 228 g/mol. The van der Waals surface area contributed by atoms with Gasteiger partial charge in [-0.3, -0.25) is 0 Å². The van der Waals surface area contributed by atoms with Crippen LogP contribution in [0, 0.1) is 23.7 Å². The van der Waals surface area contributed by atoms with Crippen LogP contribution < -0.4 is 0 Å². The van der Waals surface area contributed by atoms with Crippen LogP contribution in [-0.4, -0.2) is 18.0 Å². The summed E-state index contributed by atoms with van der Waals surface area (Å²) in [5, 5.41) is 8.60. The molecule has 88 valence electrons. The third kappa shape index (κ3) is 5.50. The van der Waals surface area contributed by atoms with Crippen LogP contribution >= 0.6 is 11.8 Å². The lowest BCUT2D eigenvalue weighted by Gasteiger charge is -1.97. The Morgan fingerprint density at radius 3 is 2.76 bits per heavy atom. The molecule has 0 amide bonds. The highest BCUT2D eigenvalue weighted by Gasteiger charge is 1.94. The van der Waals surface area contributed by atoms with Crippen molar-refractivity contribution in [1.29, 1.82) is 0 Å². The number of benzene rings is 1. The van der Waals surface area contributed by atoms with Crippen molar-refractivity contribution in [3.63, 3.8) is 0 Å². The molecule has 0 heterocycles. The highest BCUT2D eigenvalue weighted by molar-refractivity contribution is 7.98. The van der Waals surface area contributed by atoms with E-state index < -0.39 is 0 Å². The standard InChI is InChI=1S/C15H16OS/c1-17-15-12-8-7-11-14(15)10-6-4-2-3-5-9-13-16/h7-8,11-12,16H,3,5,9,13H2,1H3. The summed E-state index contributed by atoms with van der Waals surface area (Å²) < 4.78 is 0. The van der Waals surface area contributed by atoms with Gasteiger partial charge in [0.15, 0.2) is 0 Å². The molecule has 0 saturated heterocycles. The maximum atomic E-state index is 8.60. The fraction of sp³-hybridized carbons (Fsp3) is 0.333. The van der Waals surface area contributed by atoms with E-state index in [1.54, 1.807) is 11.8 Å². The summed E-state index contributed by atoms with van der Waals surface area (Å²) in [5.41, 5.74) is 1.03. The molecule has 0 unspecified atom stereocenters. The van der Waals surface area contributed by atoms with Crippen LogP contribution in [0.1, 0.15) is 24.8 Å². The van der Waals surface area contributed by atoms with Crippen molar-refractivity contribution in [3.8, 4) is 23.7 Å². The highest BCUT2D eigenvalue weighted by Crippen LogP contribution is 2.18. The Morgan fingerprint density at radius 1 is 1.18 bits per heavy atom. The molecule has 0 atom stereocenters. The van der Waals surface area contributed by atoms with Crippen molar-refractivity contribution in [2.24, 2.45) is 0 Å². The summed E-state index contributed by atoms with van der Waals surface area (Å²) in [6.45, 7) is 0.245. The Balaban J connectivity index is 2.53. The number of hydrogen-bond acceptors (Lipinski definition) is 2. The molecule has 0 aliphatic heterocycles. The van der Waals surface area contributed by atoms with E-state index in [0.717, 1.165) is 24.8 Å². The third-order valence-corrected chi connectivity index (χ3v) is 2.96. The molecule has 0 aliphatic rings. The molecule has 1 N–H and O–H groups in total. The molecule has 0 saturated carbocycles. The van der Waals surface area contributed by atoms with Gasteiger partial charge in [0.05, 0.1) is 0 Å². The van der Waals surface area contributed by atoms with Gasteiger partial charge in [-0.1, -0.05) is 24.0 Å². The smallest absolute Gasteiger partial charge is 0.0431 e. The van der Waals surface area contributed by atoms with E-state index in [9.17, 15) is 0 Å².